The van der Waals surface area contributed by atoms with E-state index in [0.29, 0.717) is 0 Å². The highest BCUT2D eigenvalue weighted by Crippen LogP contribution is 2.60. The van der Waals surface area contributed by atoms with Crippen LogP contribution in [0.2, 0.25) is 0 Å². The van der Waals surface area contributed by atoms with Crippen LogP contribution < -0.4 is 0 Å². The van der Waals surface area contributed by atoms with Crippen molar-refractivity contribution >= 4 is 0 Å². The summed E-state index contributed by atoms with van der Waals surface area (Å²) in [6, 6.07) is 0. The summed E-state index contributed by atoms with van der Waals surface area (Å²) < 4.78 is 0. The lowest BCUT2D eigenvalue weighted by atomic mass is 10.0. The fraction of sp³-hybridized carbons (Fsp3) is 1.00. The zero-order valence-electron chi connectivity index (χ0n) is 13.7. The highest BCUT2D eigenvalue weighted by atomic mass is 14.6. The number of rotatable bonds is 11. The minimum absolute atomic E-state index is 0.908. The molecule has 0 amide bonds. The second-order valence-corrected chi connectivity index (χ2v) is 7.85. The molecule has 0 radical (unpaired) electrons. The van der Waals surface area contributed by atoms with E-state index >= 15 is 0 Å². The molecule has 0 aliphatic heterocycles. The lowest BCUT2D eigenvalue weighted by Crippen LogP contribution is -1.92. The molecule has 2 saturated carbocycles. The van der Waals surface area contributed by atoms with E-state index in [1.165, 1.54) is 56.8 Å². The van der Waals surface area contributed by atoms with Gasteiger partial charge in [-0.2, -0.15) is 0 Å². The molecule has 0 aromatic carbocycles. The van der Waals surface area contributed by atoms with Gasteiger partial charge in [0.2, 0.25) is 0 Å². The molecule has 0 nitrogen and oxygen atoms in total. The van der Waals surface area contributed by atoms with Crippen LogP contribution in [-0.4, -0.2) is 0 Å². The van der Waals surface area contributed by atoms with E-state index in [4.69, 9.17) is 0 Å². The Hall–Kier alpha value is 0. The summed E-state index contributed by atoms with van der Waals surface area (Å²) in [5.74, 6) is 5.57. The van der Waals surface area contributed by atoms with Crippen LogP contribution in [0.25, 0.3) is 0 Å². The predicted molar refractivity (Wildman–Crippen MR) is 85.3 cm³/mol. The highest BCUT2D eigenvalue weighted by Gasteiger charge is 2.52. The zero-order chi connectivity index (χ0) is 13.7. The fourth-order valence-electron chi connectivity index (χ4n) is 4.05. The van der Waals surface area contributed by atoms with Crippen LogP contribution in [0.1, 0.15) is 91.4 Å². The topological polar surface area (TPSA) is 0 Å². The molecular formula is C19H36. The summed E-state index contributed by atoms with van der Waals surface area (Å²) in [7, 11) is 0. The average Bonchev–Trinajstić information content (AvgIpc) is 3.24. The third-order valence-corrected chi connectivity index (χ3v) is 5.54. The molecule has 0 spiro atoms. The Morgan fingerprint density at radius 3 is 1.89 bits per heavy atom. The first kappa shape index (κ1) is 15.4. The molecule has 0 bridgehead atoms. The zero-order valence-corrected chi connectivity index (χ0v) is 13.7. The molecule has 2 fully saturated rings. The average molecular weight is 264 g/mol. The Kier molecular flexibility index (Phi) is 6.23. The van der Waals surface area contributed by atoms with Crippen molar-refractivity contribution in [2.75, 3.05) is 0 Å². The van der Waals surface area contributed by atoms with E-state index in [1.54, 1.807) is 25.7 Å². The molecule has 19 heavy (non-hydrogen) atoms. The standard InChI is InChI=1S/C19H36/c1-4-5-6-7-11-16-13-18(16)19-14-17(19)12-9-8-10-15(2)3/h15-19H,4-14H2,1-3H3. The lowest BCUT2D eigenvalue weighted by Gasteiger charge is -2.04. The van der Waals surface area contributed by atoms with Crippen molar-refractivity contribution in [3.63, 3.8) is 0 Å². The molecule has 112 valence electrons. The van der Waals surface area contributed by atoms with E-state index < -0.39 is 0 Å². The maximum Gasteiger partial charge on any atom is -0.0352 e. The van der Waals surface area contributed by atoms with Gasteiger partial charge in [-0.3, -0.25) is 0 Å². The summed E-state index contributed by atoms with van der Waals surface area (Å²) in [6.45, 7) is 7.02. The first-order valence-corrected chi connectivity index (χ1v) is 9.22. The van der Waals surface area contributed by atoms with Gasteiger partial charge in [-0.15, -0.1) is 0 Å². The summed E-state index contributed by atoms with van der Waals surface area (Å²) in [4.78, 5) is 0. The van der Waals surface area contributed by atoms with Gasteiger partial charge >= 0.3 is 0 Å². The second-order valence-electron chi connectivity index (χ2n) is 7.85. The molecule has 2 rings (SSSR count). The second kappa shape index (κ2) is 7.70. The molecule has 4 atom stereocenters. The lowest BCUT2D eigenvalue weighted by molar-refractivity contribution is 0.482. The predicted octanol–water partition coefficient (Wildman–Crippen LogP) is 6.45. The third-order valence-electron chi connectivity index (χ3n) is 5.54. The van der Waals surface area contributed by atoms with E-state index in [0.717, 1.165) is 17.8 Å². The van der Waals surface area contributed by atoms with Gasteiger partial charge < -0.3 is 0 Å². The van der Waals surface area contributed by atoms with Crippen LogP contribution in [0.4, 0.5) is 0 Å². The summed E-state index contributed by atoms with van der Waals surface area (Å²) in [6.07, 6.45) is 16.6. The van der Waals surface area contributed by atoms with E-state index in [1.807, 2.05) is 0 Å². The van der Waals surface area contributed by atoms with E-state index in [-0.39, 0.29) is 0 Å². The minimum atomic E-state index is 0.908. The monoisotopic (exact) mass is 264 g/mol. The van der Waals surface area contributed by atoms with Gasteiger partial charge in [0.05, 0.1) is 0 Å². The van der Waals surface area contributed by atoms with Crippen LogP contribution >= 0.6 is 0 Å². The molecule has 0 aromatic heterocycles. The molecule has 0 aromatic rings. The Morgan fingerprint density at radius 2 is 1.37 bits per heavy atom. The molecule has 0 heteroatoms. The van der Waals surface area contributed by atoms with Gasteiger partial charge in [-0.05, 0) is 42.4 Å². The van der Waals surface area contributed by atoms with E-state index in [2.05, 4.69) is 20.8 Å². The van der Waals surface area contributed by atoms with Crippen LogP contribution in [0, 0.1) is 29.6 Å². The Balaban J connectivity index is 1.44. The van der Waals surface area contributed by atoms with E-state index in [9.17, 15) is 0 Å². The molecule has 4 unspecified atom stereocenters. The Labute approximate surface area is 121 Å². The van der Waals surface area contributed by atoms with Crippen LogP contribution in [0.15, 0.2) is 0 Å². The number of hydrogen-bond acceptors (Lipinski definition) is 0. The van der Waals surface area contributed by atoms with Gasteiger partial charge in [0, 0.05) is 0 Å². The minimum Gasteiger partial charge on any atom is -0.0654 e. The van der Waals surface area contributed by atoms with Crippen LogP contribution in [0.3, 0.4) is 0 Å². The van der Waals surface area contributed by atoms with Crippen molar-refractivity contribution in [1.82, 2.24) is 0 Å². The summed E-state index contributed by atoms with van der Waals surface area (Å²) in [5.41, 5.74) is 0. The summed E-state index contributed by atoms with van der Waals surface area (Å²) in [5, 5.41) is 0. The van der Waals surface area contributed by atoms with Gasteiger partial charge in [0.1, 0.15) is 0 Å². The van der Waals surface area contributed by atoms with Crippen molar-refractivity contribution < 1.29 is 0 Å². The first-order chi connectivity index (χ1) is 9.22. The van der Waals surface area contributed by atoms with Gasteiger partial charge in [0.15, 0.2) is 0 Å². The van der Waals surface area contributed by atoms with Crippen molar-refractivity contribution in [2.24, 2.45) is 29.6 Å². The van der Waals surface area contributed by atoms with Crippen molar-refractivity contribution in [3.8, 4) is 0 Å². The van der Waals surface area contributed by atoms with Crippen molar-refractivity contribution in [2.45, 2.75) is 91.4 Å². The largest absolute Gasteiger partial charge is 0.0654 e. The van der Waals surface area contributed by atoms with Crippen LogP contribution in [0.5, 0.6) is 0 Å². The Morgan fingerprint density at radius 1 is 0.789 bits per heavy atom. The smallest absolute Gasteiger partial charge is 0.0352 e. The molecule has 2 aliphatic carbocycles. The molecule has 2 aliphatic rings. The van der Waals surface area contributed by atoms with Crippen molar-refractivity contribution in [3.05, 3.63) is 0 Å². The van der Waals surface area contributed by atoms with Crippen LogP contribution in [-0.2, 0) is 0 Å². The highest BCUT2D eigenvalue weighted by molar-refractivity contribution is 5.01. The molecule has 0 heterocycles. The first-order valence-electron chi connectivity index (χ1n) is 9.22. The molecule has 0 saturated heterocycles. The molecular weight excluding hydrogens is 228 g/mol. The number of hydrogen-bond donors (Lipinski definition) is 0. The van der Waals surface area contributed by atoms with Crippen molar-refractivity contribution in [1.29, 1.82) is 0 Å². The van der Waals surface area contributed by atoms with Gasteiger partial charge in [0.25, 0.3) is 0 Å². The Bertz CT molecular complexity index is 242. The molecule has 0 N–H and O–H groups in total. The number of unbranched alkanes of at least 4 members (excludes halogenated alkanes) is 4. The fourth-order valence-corrected chi connectivity index (χ4v) is 4.05. The SMILES string of the molecule is CCCCCCC1CC1C1CC1CCCCC(C)C. The van der Waals surface area contributed by atoms with Gasteiger partial charge in [-0.25, -0.2) is 0 Å². The third kappa shape index (κ3) is 5.48. The maximum absolute atomic E-state index is 2.35. The quantitative estimate of drug-likeness (QED) is 0.376. The maximum atomic E-state index is 2.35. The van der Waals surface area contributed by atoms with Gasteiger partial charge in [-0.1, -0.05) is 78.6 Å². The normalized spacial score (nSPS) is 32.8. The summed E-state index contributed by atoms with van der Waals surface area (Å²) >= 11 is 0.